The van der Waals surface area contributed by atoms with Gasteiger partial charge in [-0.1, -0.05) is 11.6 Å². The number of carboxylic acid groups (broad SMARTS) is 1. The maximum atomic E-state index is 13.5. The Morgan fingerprint density at radius 3 is 2.81 bits per heavy atom. The van der Waals surface area contributed by atoms with Gasteiger partial charge in [-0.25, -0.2) is 9.18 Å². The number of thiophene rings is 1. The predicted molar refractivity (Wildman–Crippen MR) is 76.8 cm³/mol. The zero-order valence-corrected chi connectivity index (χ0v) is 12.0. The highest BCUT2D eigenvalue weighted by Gasteiger charge is 2.14. The third-order valence-corrected chi connectivity index (χ3v) is 3.51. The van der Waals surface area contributed by atoms with Crippen LogP contribution < -0.4 is 10.1 Å². The first-order valence-electron chi connectivity index (χ1n) is 5.66. The molecule has 1 aromatic carbocycles. The van der Waals surface area contributed by atoms with Crippen molar-refractivity contribution < 1.29 is 23.8 Å². The molecule has 0 aliphatic rings. The van der Waals surface area contributed by atoms with Crippen LogP contribution in [0.2, 0.25) is 5.02 Å². The third-order valence-electron chi connectivity index (χ3n) is 2.39. The molecule has 0 aliphatic heterocycles. The number of nitrogens with one attached hydrogen (secondary N) is 1. The molecule has 0 bridgehead atoms. The summed E-state index contributed by atoms with van der Waals surface area (Å²) in [4.78, 5) is 22.5. The minimum absolute atomic E-state index is 0.000438. The van der Waals surface area contributed by atoms with E-state index in [1.165, 1.54) is 23.6 Å². The van der Waals surface area contributed by atoms with Gasteiger partial charge in [0.2, 0.25) is 0 Å². The summed E-state index contributed by atoms with van der Waals surface area (Å²) in [5.41, 5.74) is -0.0308. The lowest BCUT2D eigenvalue weighted by Crippen LogP contribution is -2.21. The van der Waals surface area contributed by atoms with E-state index in [1.54, 1.807) is 0 Å². The van der Waals surface area contributed by atoms with Crippen LogP contribution in [0.3, 0.4) is 0 Å². The summed E-state index contributed by atoms with van der Waals surface area (Å²) in [6, 6.07) is 5.27. The number of carbonyl (C=O) groups excluding carboxylic acids is 1. The Kier molecular flexibility index (Phi) is 4.77. The van der Waals surface area contributed by atoms with Crippen LogP contribution >= 0.6 is 22.9 Å². The van der Waals surface area contributed by atoms with E-state index in [2.05, 4.69) is 5.32 Å². The number of carbonyl (C=O) groups is 2. The fourth-order valence-electron chi connectivity index (χ4n) is 1.49. The quantitative estimate of drug-likeness (QED) is 0.883. The Labute approximate surface area is 127 Å². The van der Waals surface area contributed by atoms with Gasteiger partial charge in [0, 0.05) is 5.02 Å². The lowest BCUT2D eigenvalue weighted by molar-refractivity contribution is -0.118. The Hall–Kier alpha value is -2.12. The molecule has 0 fully saturated rings. The monoisotopic (exact) mass is 329 g/mol. The first-order valence-corrected chi connectivity index (χ1v) is 6.91. The molecule has 0 atom stereocenters. The minimum Gasteiger partial charge on any atom is -0.482 e. The Morgan fingerprint density at radius 2 is 2.14 bits per heavy atom. The van der Waals surface area contributed by atoms with Gasteiger partial charge in [-0.05, 0) is 29.6 Å². The smallest absolute Gasteiger partial charge is 0.349 e. The van der Waals surface area contributed by atoms with Gasteiger partial charge in [0.15, 0.2) is 11.5 Å². The Morgan fingerprint density at radius 1 is 1.38 bits per heavy atom. The molecule has 0 radical (unpaired) electrons. The number of carboxylic acids is 1. The van der Waals surface area contributed by atoms with E-state index < -0.39 is 24.3 Å². The summed E-state index contributed by atoms with van der Waals surface area (Å²) in [5, 5.41) is 12.9. The Bertz CT molecular complexity index is 689. The molecule has 1 aromatic heterocycles. The highest BCUT2D eigenvalue weighted by atomic mass is 35.5. The first kappa shape index (κ1) is 15.3. The number of benzene rings is 1. The van der Waals surface area contributed by atoms with E-state index in [-0.39, 0.29) is 21.3 Å². The number of aromatic carboxylic acids is 1. The molecule has 0 saturated carbocycles. The van der Waals surface area contributed by atoms with Crippen molar-refractivity contribution in [2.24, 2.45) is 0 Å². The van der Waals surface area contributed by atoms with Crippen LogP contribution in [0.4, 0.5) is 10.1 Å². The first-order chi connectivity index (χ1) is 9.97. The van der Waals surface area contributed by atoms with Crippen molar-refractivity contribution in [3.05, 3.63) is 45.4 Å². The molecule has 1 heterocycles. The van der Waals surface area contributed by atoms with E-state index in [4.69, 9.17) is 21.4 Å². The van der Waals surface area contributed by atoms with Crippen molar-refractivity contribution in [1.29, 1.82) is 0 Å². The zero-order valence-electron chi connectivity index (χ0n) is 10.4. The van der Waals surface area contributed by atoms with E-state index in [0.717, 1.165) is 17.4 Å². The van der Waals surface area contributed by atoms with Gasteiger partial charge in [0.1, 0.15) is 11.6 Å². The van der Waals surface area contributed by atoms with Crippen molar-refractivity contribution in [2.75, 3.05) is 11.9 Å². The number of halogens is 2. The molecule has 2 N–H and O–H groups in total. The van der Waals surface area contributed by atoms with E-state index in [9.17, 15) is 14.0 Å². The number of hydrogen-bond acceptors (Lipinski definition) is 4. The largest absolute Gasteiger partial charge is 0.482 e. The molecule has 2 aromatic rings. The SMILES string of the molecule is O=C(COc1ccsc1C(=O)O)Nc1ccc(Cl)cc1F. The molecule has 0 spiro atoms. The fraction of sp³-hybridized carbons (Fsp3) is 0.0769. The zero-order chi connectivity index (χ0) is 15.4. The number of ether oxygens (including phenoxy) is 1. The van der Waals surface area contributed by atoms with Crippen molar-refractivity contribution >= 4 is 40.5 Å². The fourth-order valence-corrected chi connectivity index (χ4v) is 2.32. The summed E-state index contributed by atoms with van der Waals surface area (Å²) in [7, 11) is 0. The lowest BCUT2D eigenvalue weighted by Gasteiger charge is -2.08. The maximum absolute atomic E-state index is 13.5. The van der Waals surface area contributed by atoms with E-state index in [0.29, 0.717) is 0 Å². The second kappa shape index (κ2) is 6.55. The van der Waals surface area contributed by atoms with Gasteiger partial charge >= 0.3 is 5.97 Å². The number of anilines is 1. The van der Waals surface area contributed by atoms with E-state index >= 15 is 0 Å². The van der Waals surface area contributed by atoms with Crippen molar-refractivity contribution in [3.63, 3.8) is 0 Å². The molecular formula is C13H9ClFNO4S. The molecule has 0 unspecified atom stereocenters. The molecule has 5 nitrogen and oxygen atoms in total. The lowest BCUT2D eigenvalue weighted by atomic mass is 10.3. The third kappa shape index (κ3) is 3.93. The molecule has 2 rings (SSSR count). The standard InChI is InChI=1S/C13H9ClFNO4S/c14-7-1-2-9(8(15)5-7)16-11(17)6-20-10-3-4-21-12(10)13(18)19/h1-5H,6H2,(H,16,17)(H,18,19). The Balaban J connectivity index is 1.96. The van der Waals surface area contributed by atoms with Crippen LogP contribution in [0.5, 0.6) is 5.75 Å². The predicted octanol–water partition coefficient (Wildman–Crippen LogP) is 3.26. The van der Waals surface area contributed by atoms with Crippen LogP contribution in [0, 0.1) is 5.82 Å². The molecule has 110 valence electrons. The molecule has 8 heteroatoms. The van der Waals surface area contributed by atoms with Crippen LogP contribution in [0.1, 0.15) is 9.67 Å². The van der Waals surface area contributed by atoms with E-state index in [1.807, 2.05) is 0 Å². The number of amides is 1. The summed E-state index contributed by atoms with van der Waals surface area (Å²) < 4.78 is 18.6. The summed E-state index contributed by atoms with van der Waals surface area (Å²) in [5.74, 6) is -2.32. The second-order valence-electron chi connectivity index (χ2n) is 3.88. The van der Waals surface area contributed by atoms with Gasteiger partial charge in [-0.15, -0.1) is 11.3 Å². The van der Waals surface area contributed by atoms with Crippen LogP contribution in [-0.2, 0) is 4.79 Å². The molecule has 1 amide bonds. The van der Waals surface area contributed by atoms with Crippen LogP contribution in [-0.4, -0.2) is 23.6 Å². The minimum atomic E-state index is -1.14. The molecule has 0 aliphatic carbocycles. The van der Waals surface area contributed by atoms with Gasteiger partial charge in [0.05, 0.1) is 5.69 Å². The highest BCUT2D eigenvalue weighted by Crippen LogP contribution is 2.24. The van der Waals surface area contributed by atoms with Gasteiger partial charge in [-0.3, -0.25) is 4.79 Å². The van der Waals surface area contributed by atoms with Gasteiger partial charge in [0.25, 0.3) is 5.91 Å². The highest BCUT2D eigenvalue weighted by molar-refractivity contribution is 7.12. The summed E-state index contributed by atoms with van der Waals surface area (Å²) in [6.07, 6.45) is 0. The van der Waals surface area contributed by atoms with Gasteiger partial charge < -0.3 is 15.2 Å². The van der Waals surface area contributed by atoms with Crippen LogP contribution in [0.25, 0.3) is 0 Å². The average Bonchev–Trinajstić information content (AvgIpc) is 2.88. The molecule has 0 saturated heterocycles. The van der Waals surface area contributed by atoms with Crippen molar-refractivity contribution in [1.82, 2.24) is 0 Å². The van der Waals surface area contributed by atoms with Crippen molar-refractivity contribution in [2.45, 2.75) is 0 Å². The van der Waals surface area contributed by atoms with Crippen molar-refractivity contribution in [3.8, 4) is 5.75 Å². The maximum Gasteiger partial charge on any atom is 0.349 e. The average molecular weight is 330 g/mol. The molecule has 21 heavy (non-hydrogen) atoms. The molecular weight excluding hydrogens is 321 g/mol. The number of hydrogen-bond donors (Lipinski definition) is 2. The second-order valence-corrected chi connectivity index (χ2v) is 5.23. The topological polar surface area (TPSA) is 75.6 Å². The van der Waals surface area contributed by atoms with Crippen LogP contribution in [0.15, 0.2) is 29.6 Å². The normalized spacial score (nSPS) is 10.2. The number of rotatable bonds is 5. The summed E-state index contributed by atoms with van der Waals surface area (Å²) >= 11 is 6.58. The summed E-state index contributed by atoms with van der Waals surface area (Å²) in [6.45, 7) is -0.431. The van der Waals surface area contributed by atoms with Gasteiger partial charge in [-0.2, -0.15) is 0 Å².